The molecule has 8 nitrogen and oxygen atoms in total. The average molecular weight is 449 g/mol. The first-order valence-corrected chi connectivity index (χ1v) is 11.2. The standard InChI is InChI=1S/C25H28N4O4/c1-17(2)18-7-9-19(10-8-18)24(32)28-15-13-27(14-16-28)22(30)11-12-29-21-6-4-3-5-20(21)23(31)26-25(29)33/h3-10,17H,11-16H2,1-2H3,(H,26,31,33). The highest BCUT2D eigenvalue weighted by Crippen LogP contribution is 2.17. The largest absolute Gasteiger partial charge is 0.339 e. The third-order valence-electron chi connectivity index (χ3n) is 6.20. The summed E-state index contributed by atoms with van der Waals surface area (Å²) in [5.74, 6) is 0.308. The van der Waals surface area contributed by atoms with Crippen LogP contribution < -0.4 is 11.2 Å². The van der Waals surface area contributed by atoms with Gasteiger partial charge in [0.05, 0.1) is 10.9 Å². The lowest BCUT2D eigenvalue weighted by Crippen LogP contribution is -2.50. The summed E-state index contributed by atoms with van der Waals surface area (Å²) in [6.07, 6.45) is 0.139. The molecule has 2 heterocycles. The summed E-state index contributed by atoms with van der Waals surface area (Å²) >= 11 is 0. The van der Waals surface area contributed by atoms with Crippen LogP contribution in [0.5, 0.6) is 0 Å². The number of hydrogen-bond donors (Lipinski definition) is 1. The molecule has 0 aliphatic carbocycles. The van der Waals surface area contributed by atoms with Crippen LogP contribution in [-0.2, 0) is 11.3 Å². The molecule has 1 N–H and O–H groups in total. The van der Waals surface area contributed by atoms with Crippen molar-refractivity contribution in [2.75, 3.05) is 26.2 Å². The van der Waals surface area contributed by atoms with E-state index < -0.39 is 11.2 Å². The Bertz CT molecular complexity index is 1280. The second-order valence-corrected chi connectivity index (χ2v) is 8.63. The third kappa shape index (κ3) is 4.74. The van der Waals surface area contributed by atoms with Crippen LogP contribution in [0.3, 0.4) is 0 Å². The van der Waals surface area contributed by atoms with Gasteiger partial charge in [-0.1, -0.05) is 38.1 Å². The summed E-state index contributed by atoms with van der Waals surface area (Å²) in [4.78, 5) is 55.7. The maximum absolute atomic E-state index is 12.8. The number of amides is 2. The topological polar surface area (TPSA) is 95.5 Å². The number of aromatic amines is 1. The molecule has 2 amide bonds. The van der Waals surface area contributed by atoms with Crippen molar-refractivity contribution in [3.05, 3.63) is 80.5 Å². The molecule has 0 saturated carbocycles. The highest BCUT2D eigenvalue weighted by Gasteiger charge is 2.25. The van der Waals surface area contributed by atoms with Crippen LogP contribution in [0, 0.1) is 0 Å². The fourth-order valence-corrected chi connectivity index (χ4v) is 4.18. The number of H-pyrrole nitrogens is 1. The van der Waals surface area contributed by atoms with Crippen LogP contribution in [0.2, 0.25) is 0 Å². The fraction of sp³-hybridized carbons (Fsp3) is 0.360. The SMILES string of the molecule is CC(C)c1ccc(C(=O)N2CCN(C(=O)CCn3c(=O)[nH]c(=O)c4ccccc43)CC2)cc1. The number of piperazine rings is 1. The predicted molar refractivity (Wildman–Crippen MR) is 126 cm³/mol. The Balaban J connectivity index is 1.36. The molecule has 8 heteroatoms. The van der Waals surface area contributed by atoms with E-state index in [1.165, 1.54) is 10.1 Å². The van der Waals surface area contributed by atoms with Crippen molar-refractivity contribution in [3.8, 4) is 0 Å². The van der Waals surface area contributed by atoms with Gasteiger partial charge in [-0.15, -0.1) is 0 Å². The number of carbonyl (C=O) groups is 2. The Morgan fingerprint density at radius 2 is 1.55 bits per heavy atom. The van der Waals surface area contributed by atoms with Crippen molar-refractivity contribution in [3.63, 3.8) is 0 Å². The van der Waals surface area contributed by atoms with Gasteiger partial charge in [0.25, 0.3) is 11.5 Å². The molecule has 1 aliphatic rings. The third-order valence-corrected chi connectivity index (χ3v) is 6.20. The maximum atomic E-state index is 12.8. The van der Waals surface area contributed by atoms with Gasteiger partial charge in [0.1, 0.15) is 0 Å². The number of rotatable bonds is 5. The molecule has 0 unspecified atom stereocenters. The molecule has 4 rings (SSSR count). The number of aryl methyl sites for hydroxylation is 1. The van der Waals surface area contributed by atoms with E-state index in [0.717, 1.165) is 0 Å². The Labute approximate surface area is 191 Å². The first-order chi connectivity index (χ1) is 15.8. The van der Waals surface area contributed by atoms with Crippen molar-refractivity contribution in [1.29, 1.82) is 0 Å². The van der Waals surface area contributed by atoms with Crippen LogP contribution >= 0.6 is 0 Å². The van der Waals surface area contributed by atoms with Crippen molar-refractivity contribution < 1.29 is 9.59 Å². The van der Waals surface area contributed by atoms with Crippen molar-refractivity contribution in [1.82, 2.24) is 19.4 Å². The minimum absolute atomic E-state index is 0.0244. The smallest absolute Gasteiger partial charge is 0.328 e. The molecule has 2 aromatic carbocycles. The second-order valence-electron chi connectivity index (χ2n) is 8.63. The molecule has 1 saturated heterocycles. The lowest BCUT2D eigenvalue weighted by molar-refractivity contribution is -0.132. The zero-order chi connectivity index (χ0) is 23.5. The van der Waals surface area contributed by atoms with Crippen LogP contribution in [0.4, 0.5) is 0 Å². The molecule has 0 radical (unpaired) electrons. The summed E-state index contributed by atoms with van der Waals surface area (Å²) in [6, 6.07) is 14.5. The zero-order valence-electron chi connectivity index (χ0n) is 18.9. The highest BCUT2D eigenvalue weighted by atomic mass is 16.2. The van der Waals surface area contributed by atoms with E-state index in [0.29, 0.717) is 48.6 Å². The Hall–Kier alpha value is -3.68. The monoisotopic (exact) mass is 448 g/mol. The van der Waals surface area contributed by atoms with Gasteiger partial charge in [-0.05, 0) is 35.7 Å². The van der Waals surface area contributed by atoms with Gasteiger partial charge in [0.15, 0.2) is 0 Å². The first kappa shape index (κ1) is 22.5. The molecule has 0 atom stereocenters. The Kier molecular flexibility index (Phi) is 6.44. The number of benzene rings is 2. The van der Waals surface area contributed by atoms with Gasteiger partial charge in [-0.2, -0.15) is 0 Å². The van der Waals surface area contributed by atoms with Gasteiger partial charge < -0.3 is 9.80 Å². The molecular formula is C25H28N4O4. The number of fused-ring (bicyclic) bond motifs is 1. The maximum Gasteiger partial charge on any atom is 0.328 e. The van der Waals surface area contributed by atoms with Gasteiger partial charge in [-0.25, -0.2) is 4.79 Å². The summed E-state index contributed by atoms with van der Waals surface area (Å²) in [5.41, 5.74) is 1.40. The van der Waals surface area contributed by atoms with Crippen molar-refractivity contribution >= 4 is 22.7 Å². The average Bonchev–Trinajstić information content (AvgIpc) is 2.83. The number of para-hydroxylation sites is 1. The molecule has 0 bridgehead atoms. The molecule has 1 aliphatic heterocycles. The van der Waals surface area contributed by atoms with E-state index in [1.54, 1.807) is 34.1 Å². The highest BCUT2D eigenvalue weighted by molar-refractivity contribution is 5.94. The van der Waals surface area contributed by atoms with Crippen LogP contribution in [-0.4, -0.2) is 57.3 Å². The normalized spacial score (nSPS) is 14.2. The van der Waals surface area contributed by atoms with Gasteiger partial charge in [-0.3, -0.25) is 23.9 Å². The first-order valence-electron chi connectivity index (χ1n) is 11.2. The number of aromatic nitrogens is 2. The molecule has 1 fully saturated rings. The predicted octanol–water partition coefficient (Wildman–Crippen LogP) is 2.19. The van der Waals surface area contributed by atoms with E-state index >= 15 is 0 Å². The molecule has 172 valence electrons. The minimum Gasteiger partial charge on any atom is -0.339 e. The van der Waals surface area contributed by atoms with Crippen LogP contribution in [0.25, 0.3) is 10.9 Å². The lowest BCUT2D eigenvalue weighted by atomic mass is 10.0. The number of nitrogens with zero attached hydrogens (tertiary/aromatic N) is 3. The Morgan fingerprint density at radius 3 is 2.21 bits per heavy atom. The number of carbonyl (C=O) groups excluding carboxylic acids is 2. The van der Waals surface area contributed by atoms with E-state index in [4.69, 9.17) is 0 Å². The second kappa shape index (κ2) is 9.44. The molecule has 33 heavy (non-hydrogen) atoms. The van der Waals surface area contributed by atoms with Crippen molar-refractivity contribution in [2.24, 2.45) is 0 Å². The summed E-state index contributed by atoms with van der Waals surface area (Å²) in [5, 5.41) is 0.415. The van der Waals surface area contributed by atoms with Crippen molar-refractivity contribution in [2.45, 2.75) is 32.7 Å². The lowest BCUT2D eigenvalue weighted by Gasteiger charge is -2.35. The summed E-state index contributed by atoms with van der Waals surface area (Å²) < 4.78 is 1.43. The van der Waals surface area contributed by atoms with Gasteiger partial charge >= 0.3 is 5.69 Å². The minimum atomic E-state index is -0.523. The van der Waals surface area contributed by atoms with E-state index in [2.05, 4.69) is 18.8 Å². The summed E-state index contributed by atoms with van der Waals surface area (Å²) in [6.45, 7) is 6.25. The van der Waals surface area contributed by atoms with Crippen LogP contribution in [0.15, 0.2) is 58.1 Å². The number of hydrogen-bond acceptors (Lipinski definition) is 4. The zero-order valence-corrected chi connectivity index (χ0v) is 18.9. The molecular weight excluding hydrogens is 420 g/mol. The Morgan fingerprint density at radius 1 is 0.909 bits per heavy atom. The number of nitrogens with one attached hydrogen (secondary N) is 1. The van der Waals surface area contributed by atoms with Gasteiger partial charge in [0, 0.05) is 44.7 Å². The summed E-state index contributed by atoms with van der Waals surface area (Å²) in [7, 11) is 0. The molecule has 3 aromatic rings. The van der Waals surface area contributed by atoms with E-state index in [-0.39, 0.29) is 24.8 Å². The van der Waals surface area contributed by atoms with Gasteiger partial charge in [0.2, 0.25) is 5.91 Å². The van der Waals surface area contributed by atoms with E-state index in [1.807, 2.05) is 24.3 Å². The quantitative estimate of drug-likeness (QED) is 0.647. The molecule has 0 spiro atoms. The van der Waals surface area contributed by atoms with E-state index in [9.17, 15) is 19.2 Å². The molecule has 1 aromatic heterocycles. The fourth-order valence-electron chi connectivity index (χ4n) is 4.18. The van der Waals surface area contributed by atoms with Crippen LogP contribution in [0.1, 0.15) is 42.1 Å².